The average Bonchev–Trinajstić information content (AvgIpc) is 2.42. The van der Waals surface area contributed by atoms with Crippen LogP contribution in [0, 0.1) is 23.1 Å². The van der Waals surface area contributed by atoms with E-state index in [0.29, 0.717) is 23.7 Å². The number of nitriles is 1. The maximum absolute atomic E-state index is 13.6. The number of rotatable bonds is 4. The van der Waals surface area contributed by atoms with Crippen molar-refractivity contribution in [3.05, 3.63) is 35.1 Å². The van der Waals surface area contributed by atoms with E-state index in [4.69, 9.17) is 10.00 Å². The second-order valence-electron chi connectivity index (χ2n) is 4.94. The zero-order chi connectivity index (χ0) is 12.8. The molecule has 2 rings (SSSR count). The molecule has 0 saturated heterocycles. The van der Waals surface area contributed by atoms with Crippen LogP contribution in [0.4, 0.5) is 4.39 Å². The molecular weight excluding hydrogens is 229 g/mol. The molecule has 1 aromatic rings. The Morgan fingerprint density at radius 3 is 2.72 bits per heavy atom. The van der Waals surface area contributed by atoms with Gasteiger partial charge in [0.15, 0.2) is 0 Å². The van der Waals surface area contributed by atoms with Gasteiger partial charge in [-0.05, 0) is 30.9 Å². The van der Waals surface area contributed by atoms with Crippen LogP contribution in [0.25, 0.3) is 0 Å². The second kappa shape index (κ2) is 6.51. The van der Waals surface area contributed by atoms with Crippen molar-refractivity contribution in [1.82, 2.24) is 0 Å². The summed E-state index contributed by atoms with van der Waals surface area (Å²) in [6, 6.07) is 6.45. The molecule has 0 atom stereocenters. The van der Waals surface area contributed by atoms with Gasteiger partial charge in [0.2, 0.25) is 0 Å². The van der Waals surface area contributed by atoms with Gasteiger partial charge >= 0.3 is 0 Å². The van der Waals surface area contributed by atoms with Crippen molar-refractivity contribution in [2.45, 2.75) is 38.7 Å². The molecule has 0 radical (unpaired) electrons. The average molecular weight is 247 g/mol. The lowest BCUT2D eigenvalue weighted by Crippen LogP contribution is -2.13. The van der Waals surface area contributed by atoms with Crippen LogP contribution in [0.15, 0.2) is 18.2 Å². The fraction of sp³-hybridized carbons (Fsp3) is 0.533. The van der Waals surface area contributed by atoms with Crippen molar-refractivity contribution >= 4 is 0 Å². The zero-order valence-electron chi connectivity index (χ0n) is 10.5. The molecule has 0 aliphatic heterocycles. The Bertz CT molecular complexity index is 433. The predicted octanol–water partition coefficient (Wildman–Crippen LogP) is 3.79. The third-order valence-corrected chi connectivity index (χ3v) is 3.52. The molecule has 0 bridgehead atoms. The minimum Gasteiger partial charge on any atom is -0.376 e. The van der Waals surface area contributed by atoms with Crippen molar-refractivity contribution in [2.75, 3.05) is 6.61 Å². The lowest BCUT2D eigenvalue weighted by molar-refractivity contribution is 0.0723. The van der Waals surface area contributed by atoms with Gasteiger partial charge < -0.3 is 4.74 Å². The molecular formula is C15H18FNO. The molecule has 3 heteroatoms. The number of halogens is 1. The van der Waals surface area contributed by atoms with Crippen molar-refractivity contribution in [3.8, 4) is 6.07 Å². The van der Waals surface area contributed by atoms with E-state index in [-0.39, 0.29) is 5.82 Å². The van der Waals surface area contributed by atoms with Gasteiger partial charge in [0, 0.05) is 12.2 Å². The lowest BCUT2D eigenvalue weighted by Gasteiger charge is -2.21. The summed E-state index contributed by atoms with van der Waals surface area (Å²) < 4.78 is 19.2. The van der Waals surface area contributed by atoms with E-state index in [1.54, 1.807) is 12.1 Å². The van der Waals surface area contributed by atoms with E-state index in [0.717, 1.165) is 6.61 Å². The van der Waals surface area contributed by atoms with Gasteiger partial charge in [-0.2, -0.15) is 5.26 Å². The maximum atomic E-state index is 13.6. The monoisotopic (exact) mass is 247 g/mol. The van der Waals surface area contributed by atoms with E-state index in [9.17, 15) is 4.39 Å². The van der Waals surface area contributed by atoms with E-state index in [1.807, 2.05) is 6.07 Å². The van der Waals surface area contributed by atoms with Crippen LogP contribution in [0.1, 0.15) is 43.2 Å². The zero-order valence-corrected chi connectivity index (χ0v) is 10.5. The molecule has 1 fully saturated rings. The molecule has 96 valence electrons. The van der Waals surface area contributed by atoms with Crippen LogP contribution >= 0.6 is 0 Å². The topological polar surface area (TPSA) is 33.0 Å². The van der Waals surface area contributed by atoms with Crippen molar-refractivity contribution in [2.24, 2.45) is 5.92 Å². The normalized spacial score (nSPS) is 16.4. The van der Waals surface area contributed by atoms with Gasteiger partial charge in [0.25, 0.3) is 0 Å². The van der Waals surface area contributed by atoms with Crippen molar-refractivity contribution in [1.29, 1.82) is 5.26 Å². The first-order valence-electron chi connectivity index (χ1n) is 6.56. The third-order valence-electron chi connectivity index (χ3n) is 3.52. The standard InChI is InChI=1S/C15H18FNO/c16-15-8-13(9-17)6-7-14(15)11-18-10-12-4-2-1-3-5-12/h6-8,12H,1-5,10-11H2. The first-order chi connectivity index (χ1) is 8.79. The summed E-state index contributed by atoms with van der Waals surface area (Å²) in [5.74, 6) is 0.290. The Morgan fingerprint density at radius 2 is 2.06 bits per heavy atom. The highest BCUT2D eigenvalue weighted by atomic mass is 19.1. The Balaban J connectivity index is 1.81. The van der Waals surface area contributed by atoms with Gasteiger partial charge in [0.1, 0.15) is 5.82 Å². The minimum atomic E-state index is -0.349. The minimum absolute atomic E-state index is 0.300. The van der Waals surface area contributed by atoms with Crippen molar-refractivity contribution < 1.29 is 9.13 Å². The van der Waals surface area contributed by atoms with Crippen molar-refractivity contribution in [3.63, 3.8) is 0 Å². The molecule has 18 heavy (non-hydrogen) atoms. The van der Waals surface area contributed by atoms with Crippen LogP contribution in [0.3, 0.4) is 0 Å². The molecule has 0 N–H and O–H groups in total. The number of hydrogen-bond acceptors (Lipinski definition) is 2. The smallest absolute Gasteiger partial charge is 0.130 e. The second-order valence-corrected chi connectivity index (χ2v) is 4.94. The largest absolute Gasteiger partial charge is 0.376 e. The van der Waals surface area contributed by atoms with Crippen LogP contribution in [0.5, 0.6) is 0 Å². The SMILES string of the molecule is N#Cc1ccc(COCC2CCCCC2)c(F)c1. The Kier molecular flexibility index (Phi) is 4.72. The van der Waals surface area contributed by atoms with Crippen LogP contribution in [0.2, 0.25) is 0 Å². The first kappa shape index (κ1) is 13.0. The number of nitrogens with zero attached hydrogens (tertiary/aromatic N) is 1. The molecule has 0 unspecified atom stereocenters. The maximum Gasteiger partial charge on any atom is 0.130 e. The summed E-state index contributed by atoms with van der Waals surface area (Å²) in [5.41, 5.74) is 0.883. The quantitative estimate of drug-likeness (QED) is 0.810. The van der Waals surface area contributed by atoms with E-state index < -0.39 is 0 Å². The molecule has 1 aromatic carbocycles. The van der Waals surface area contributed by atoms with Gasteiger partial charge in [-0.15, -0.1) is 0 Å². The highest BCUT2D eigenvalue weighted by Crippen LogP contribution is 2.24. The summed E-state index contributed by atoms with van der Waals surface area (Å²) in [6.07, 6.45) is 6.38. The molecule has 1 aliphatic rings. The van der Waals surface area contributed by atoms with Gasteiger partial charge in [0.05, 0.1) is 18.2 Å². The summed E-state index contributed by atoms with van der Waals surface area (Å²) in [4.78, 5) is 0. The molecule has 0 amide bonds. The summed E-state index contributed by atoms with van der Waals surface area (Å²) in [5, 5.41) is 8.65. The van der Waals surface area contributed by atoms with E-state index in [1.165, 1.54) is 38.2 Å². The predicted molar refractivity (Wildman–Crippen MR) is 67.3 cm³/mol. The number of benzene rings is 1. The molecule has 0 spiro atoms. The molecule has 2 nitrogen and oxygen atoms in total. The highest BCUT2D eigenvalue weighted by molar-refractivity contribution is 5.32. The summed E-state index contributed by atoms with van der Waals surface area (Å²) in [6.45, 7) is 1.02. The van der Waals surface area contributed by atoms with Crippen LogP contribution in [-0.2, 0) is 11.3 Å². The van der Waals surface area contributed by atoms with Gasteiger partial charge in [-0.3, -0.25) is 0 Å². The third kappa shape index (κ3) is 3.54. The Labute approximate surface area is 107 Å². The molecule has 0 aromatic heterocycles. The highest BCUT2D eigenvalue weighted by Gasteiger charge is 2.13. The van der Waals surface area contributed by atoms with E-state index >= 15 is 0 Å². The molecule has 1 saturated carbocycles. The number of hydrogen-bond donors (Lipinski definition) is 0. The van der Waals surface area contributed by atoms with E-state index in [2.05, 4.69) is 0 Å². The summed E-state index contributed by atoms with van der Waals surface area (Å²) >= 11 is 0. The lowest BCUT2D eigenvalue weighted by atomic mass is 9.90. The molecule has 1 aliphatic carbocycles. The van der Waals surface area contributed by atoms with Crippen LogP contribution < -0.4 is 0 Å². The Hall–Kier alpha value is -1.40. The first-order valence-corrected chi connectivity index (χ1v) is 6.56. The molecule has 0 heterocycles. The fourth-order valence-electron chi connectivity index (χ4n) is 2.42. The summed E-state index contributed by atoms with van der Waals surface area (Å²) in [7, 11) is 0. The Morgan fingerprint density at radius 1 is 1.28 bits per heavy atom. The van der Waals surface area contributed by atoms with Gasteiger partial charge in [-0.1, -0.05) is 25.3 Å². The number of ether oxygens (including phenoxy) is 1. The fourth-order valence-corrected chi connectivity index (χ4v) is 2.42. The van der Waals surface area contributed by atoms with Gasteiger partial charge in [-0.25, -0.2) is 4.39 Å². The van der Waals surface area contributed by atoms with Crippen LogP contribution in [-0.4, -0.2) is 6.61 Å².